The van der Waals surface area contributed by atoms with Crippen LogP contribution in [-0.4, -0.2) is 48.8 Å². The topological polar surface area (TPSA) is 119 Å². The fourth-order valence-electron chi connectivity index (χ4n) is 3.25. The third-order valence-corrected chi connectivity index (χ3v) is 7.96. The quantitative estimate of drug-likeness (QED) is 0.620. The van der Waals surface area contributed by atoms with E-state index < -0.39 is 26.0 Å². The van der Waals surface area contributed by atoms with E-state index in [0.29, 0.717) is 12.8 Å². The van der Waals surface area contributed by atoms with E-state index in [1.54, 1.807) is 6.92 Å². The zero-order valence-electron chi connectivity index (χ0n) is 17.2. The maximum Gasteiger partial charge on any atom is 0.337 e. The number of nitrogens with zero attached hydrogens (tertiary/aromatic N) is 1. The smallest absolute Gasteiger partial charge is 0.337 e. The molecule has 0 radical (unpaired) electrons. The number of benzene rings is 2. The average Bonchev–Trinajstić information content (AvgIpc) is 2.73. The number of methoxy groups -OCH3 is 1. The van der Waals surface area contributed by atoms with Crippen molar-refractivity contribution in [3.63, 3.8) is 0 Å². The normalized spacial score (nSPS) is 15.9. The Kier molecular flexibility index (Phi) is 6.75. The maximum absolute atomic E-state index is 13.2. The summed E-state index contributed by atoms with van der Waals surface area (Å²) in [7, 11) is -6.45. The summed E-state index contributed by atoms with van der Waals surface area (Å²) in [5, 5.41) is 0. The van der Waals surface area contributed by atoms with Crippen molar-refractivity contribution in [3.8, 4) is 5.75 Å². The van der Waals surface area contributed by atoms with Crippen LogP contribution < -0.4 is 13.8 Å². The second kappa shape index (κ2) is 9.15. The van der Waals surface area contributed by atoms with Crippen molar-refractivity contribution in [3.05, 3.63) is 48.0 Å². The molecule has 0 spiro atoms. The lowest BCUT2D eigenvalue weighted by Gasteiger charge is -2.28. The van der Waals surface area contributed by atoms with Crippen LogP contribution in [0.15, 0.2) is 47.4 Å². The van der Waals surface area contributed by atoms with Crippen LogP contribution in [0.25, 0.3) is 0 Å². The molecule has 2 aromatic carbocycles. The lowest BCUT2D eigenvalue weighted by Crippen LogP contribution is -2.37. The number of hydrogen-bond donors (Lipinski definition) is 1. The minimum Gasteiger partial charge on any atom is -0.492 e. The molecule has 0 saturated carbocycles. The second-order valence-electron chi connectivity index (χ2n) is 6.84. The number of esters is 1. The van der Waals surface area contributed by atoms with Crippen molar-refractivity contribution < 1.29 is 31.1 Å². The summed E-state index contributed by atoms with van der Waals surface area (Å²) >= 11 is 0. The van der Waals surface area contributed by atoms with E-state index >= 15 is 0 Å². The minimum atomic E-state index is -4.16. The fraction of sp³-hybridized carbons (Fsp3) is 0.350. The molecule has 31 heavy (non-hydrogen) atoms. The molecule has 3 rings (SSSR count). The zero-order chi connectivity index (χ0) is 22.6. The van der Waals surface area contributed by atoms with Gasteiger partial charge in [-0.3, -0.25) is 9.03 Å². The number of nitrogens with one attached hydrogen (secondary N) is 1. The number of ether oxygens (including phenoxy) is 2. The van der Waals surface area contributed by atoms with Crippen LogP contribution in [-0.2, 0) is 24.8 Å². The highest BCUT2D eigenvalue weighted by molar-refractivity contribution is 7.93. The predicted octanol–water partition coefficient (Wildman–Crippen LogP) is 2.60. The molecule has 9 nitrogen and oxygen atoms in total. The highest BCUT2D eigenvalue weighted by Gasteiger charge is 2.29. The van der Waals surface area contributed by atoms with E-state index in [9.17, 15) is 21.6 Å². The van der Waals surface area contributed by atoms with Gasteiger partial charge in [-0.05, 0) is 56.2 Å². The van der Waals surface area contributed by atoms with Crippen molar-refractivity contribution in [2.24, 2.45) is 0 Å². The first-order valence-electron chi connectivity index (χ1n) is 9.66. The number of hydrogen-bond acceptors (Lipinski definition) is 7. The molecule has 1 fully saturated rings. The number of carbonyl (C=O) groups excluding carboxylic acids is 1. The largest absolute Gasteiger partial charge is 0.492 e. The molecule has 1 N–H and O–H groups in total. The standard InChI is InChI=1S/C20H24N2O7S2/c1-3-29-18-10-9-17(22-11-4-5-12-30(22,24)25)14-19(18)31(26,27)21-16-8-6-7-15(13-16)20(23)28-2/h6-10,13-14,21H,3-5,11-12H2,1-2H3. The molecule has 0 aromatic heterocycles. The van der Waals surface area contributed by atoms with Gasteiger partial charge >= 0.3 is 5.97 Å². The van der Waals surface area contributed by atoms with Gasteiger partial charge in [-0.25, -0.2) is 21.6 Å². The van der Waals surface area contributed by atoms with E-state index in [1.165, 1.54) is 53.9 Å². The summed E-state index contributed by atoms with van der Waals surface area (Å²) in [6.07, 6.45) is 1.26. The predicted molar refractivity (Wildman–Crippen MR) is 117 cm³/mol. The van der Waals surface area contributed by atoms with Gasteiger partial charge in [-0.1, -0.05) is 6.07 Å². The van der Waals surface area contributed by atoms with Gasteiger partial charge in [-0.15, -0.1) is 0 Å². The summed E-state index contributed by atoms with van der Waals surface area (Å²) in [6.45, 7) is 2.22. The Hall–Kier alpha value is -2.79. The highest BCUT2D eigenvalue weighted by Crippen LogP contribution is 2.33. The summed E-state index contributed by atoms with van der Waals surface area (Å²) < 4.78 is 65.0. The molecular weight excluding hydrogens is 444 g/mol. The molecule has 11 heteroatoms. The van der Waals surface area contributed by atoms with E-state index in [2.05, 4.69) is 9.46 Å². The third kappa shape index (κ3) is 5.10. The number of sulfonamides is 2. The van der Waals surface area contributed by atoms with Gasteiger partial charge in [0.15, 0.2) is 0 Å². The molecule has 0 bridgehead atoms. The van der Waals surface area contributed by atoms with E-state index in [4.69, 9.17) is 4.74 Å². The van der Waals surface area contributed by atoms with Crippen LogP contribution in [0.5, 0.6) is 5.75 Å². The van der Waals surface area contributed by atoms with Crippen LogP contribution in [0.3, 0.4) is 0 Å². The molecule has 168 valence electrons. The second-order valence-corrected chi connectivity index (χ2v) is 10.5. The third-order valence-electron chi connectivity index (χ3n) is 4.69. The minimum absolute atomic E-state index is 0.0147. The molecular formula is C20H24N2O7S2. The first-order chi connectivity index (χ1) is 14.7. The number of anilines is 2. The van der Waals surface area contributed by atoms with Gasteiger partial charge in [0.2, 0.25) is 10.0 Å². The van der Waals surface area contributed by atoms with Gasteiger partial charge in [0.1, 0.15) is 10.6 Å². The lowest BCUT2D eigenvalue weighted by molar-refractivity contribution is 0.0600. The molecule has 2 aromatic rings. The molecule has 0 amide bonds. The monoisotopic (exact) mass is 468 g/mol. The van der Waals surface area contributed by atoms with E-state index in [-0.39, 0.29) is 46.5 Å². The van der Waals surface area contributed by atoms with Crippen LogP contribution in [0, 0.1) is 0 Å². The Labute approximate surface area is 182 Å². The molecule has 1 aliphatic heterocycles. The maximum atomic E-state index is 13.2. The average molecular weight is 469 g/mol. The molecule has 0 atom stereocenters. The van der Waals surface area contributed by atoms with Crippen molar-refractivity contribution in [1.29, 1.82) is 0 Å². The lowest BCUT2D eigenvalue weighted by atomic mass is 10.2. The van der Waals surface area contributed by atoms with Crippen LogP contribution in [0.4, 0.5) is 11.4 Å². The Balaban J connectivity index is 2.02. The van der Waals surface area contributed by atoms with Gasteiger partial charge in [0.25, 0.3) is 10.0 Å². The number of carbonyl (C=O) groups is 1. The Morgan fingerprint density at radius 3 is 2.61 bits per heavy atom. The summed E-state index contributed by atoms with van der Waals surface area (Å²) in [4.78, 5) is 11.5. The van der Waals surface area contributed by atoms with Gasteiger partial charge in [0, 0.05) is 12.2 Å². The summed E-state index contributed by atoms with van der Waals surface area (Å²) in [6, 6.07) is 10.1. The van der Waals surface area contributed by atoms with E-state index in [1.807, 2.05) is 0 Å². The molecule has 1 heterocycles. The van der Waals surface area contributed by atoms with Crippen LogP contribution in [0.2, 0.25) is 0 Å². The van der Waals surface area contributed by atoms with Gasteiger partial charge in [-0.2, -0.15) is 0 Å². The first-order valence-corrected chi connectivity index (χ1v) is 12.8. The van der Waals surface area contributed by atoms with E-state index in [0.717, 1.165) is 0 Å². The van der Waals surface area contributed by atoms with Crippen molar-refractivity contribution in [1.82, 2.24) is 0 Å². The SMILES string of the molecule is CCOc1ccc(N2CCCCS2(=O)=O)cc1S(=O)(=O)Nc1cccc(C(=O)OC)c1. The Bertz CT molecular complexity index is 1180. The van der Waals surface area contributed by atoms with Crippen molar-refractivity contribution in [2.75, 3.05) is 35.0 Å². The van der Waals surface area contributed by atoms with Crippen molar-refractivity contribution >= 4 is 37.4 Å². The Morgan fingerprint density at radius 2 is 1.94 bits per heavy atom. The first kappa shape index (κ1) is 22.9. The zero-order valence-corrected chi connectivity index (χ0v) is 18.8. The summed E-state index contributed by atoms with van der Waals surface area (Å²) in [5.74, 6) is -0.494. The fourth-order valence-corrected chi connectivity index (χ4v) is 6.10. The molecule has 0 aliphatic carbocycles. The molecule has 0 unspecified atom stereocenters. The highest BCUT2D eigenvalue weighted by atomic mass is 32.2. The van der Waals surface area contributed by atoms with Gasteiger partial charge in [0.05, 0.1) is 30.7 Å². The molecule has 1 aliphatic rings. The molecule has 1 saturated heterocycles. The summed E-state index contributed by atoms with van der Waals surface area (Å²) in [5.41, 5.74) is 0.592. The van der Waals surface area contributed by atoms with Crippen LogP contribution >= 0.6 is 0 Å². The Morgan fingerprint density at radius 1 is 1.16 bits per heavy atom. The van der Waals surface area contributed by atoms with Crippen LogP contribution in [0.1, 0.15) is 30.1 Å². The van der Waals surface area contributed by atoms with Crippen molar-refractivity contribution in [2.45, 2.75) is 24.7 Å². The number of rotatable bonds is 7. The van der Waals surface area contributed by atoms with Gasteiger partial charge < -0.3 is 9.47 Å².